The summed E-state index contributed by atoms with van der Waals surface area (Å²) in [6.07, 6.45) is 2.35. The van der Waals surface area contributed by atoms with Gasteiger partial charge < -0.3 is 5.11 Å². The lowest BCUT2D eigenvalue weighted by molar-refractivity contribution is -0.131. The molecule has 0 heterocycles. The molecule has 2 nitrogen and oxygen atoms in total. The Bertz CT molecular complexity index is 379. The highest BCUT2D eigenvalue weighted by Gasteiger charge is 2.04. The van der Waals surface area contributed by atoms with E-state index >= 15 is 0 Å². The van der Waals surface area contributed by atoms with Gasteiger partial charge in [-0.3, -0.25) is 0 Å². The standard InChI is InChI=1S/C9H5BrCl2O2/c10-5-3-7(11)6(8(12)4-5)1-2-9(13)14/h1-4H,(H,13,14). The van der Waals surface area contributed by atoms with E-state index in [1.807, 2.05) is 0 Å². The van der Waals surface area contributed by atoms with Crippen molar-refractivity contribution in [3.05, 3.63) is 38.3 Å². The molecule has 0 saturated heterocycles. The van der Waals surface area contributed by atoms with Gasteiger partial charge >= 0.3 is 5.97 Å². The fourth-order valence-corrected chi connectivity index (χ4v) is 2.20. The largest absolute Gasteiger partial charge is 0.478 e. The molecule has 0 aromatic heterocycles. The minimum absolute atomic E-state index is 0.405. The first-order valence-electron chi connectivity index (χ1n) is 3.56. The second kappa shape index (κ2) is 4.82. The summed E-state index contributed by atoms with van der Waals surface area (Å²) in [5.74, 6) is -1.04. The fourth-order valence-electron chi connectivity index (χ4n) is 0.867. The summed E-state index contributed by atoms with van der Waals surface area (Å²) in [4.78, 5) is 10.3. The molecule has 1 aromatic rings. The third-order valence-electron chi connectivity index (χ3n) is 1.44. The van der Waals surface area contributed by atoms with Crippen molar-refractivity contribution in [2.24, 2.45) is 0 Å². The van der Waals surface area contributed by atoms with Crippen molar-refractivity contribution >= 4 is 51.2 Å². The van der Waals surface area contributed by atoms with E-state index in [1.165, 1.54) is 6.08 Å². The fraction of sp³-hybridized carbons (Fsp3) is 0. The molecule has 14 heavy (non-hydrogen) atoms. The van der Waals surface area contributed by atoms with Crippen LogP contribution in [0.2, 0.25) is 10.0 Å². The van der Waals surface area contributed by atoms with Crippen molar-refractivity contribution in [1.29, 1.82) is 0 Å². The van der Waals surface area contributed by atoms with Gasteiger partial charge in [0.25, 0.3) is 0 Å². The van der Waals surface area contributed by atoms with E-state index in [9.17, 15) is 4.79 Å². The SMILES string of the molecule is O=C(O)C=Cc1c(Cl)cc(Br)cc1Cl. The average Bonchev–Trinajstić information content (AvgIpc) is 2.01. The molecule has 0 aliphatic rings. The molecule has 74 valence electrons. The molecule has 0 saturated carbocycles. The molecule has 0 aliphatic heterocycles. The molecule has 0 unspecified atom stereocenters. The zero-order valence-corrected chi connectivity index (χ0v) is 9.90. The van der Waals surface area contributed by atoms with Gasteiger partial charge in [-0.1, -0.05) is 39.1 Å². The lowest BCUT2D eigenvalue weighted by Crippen LogP contribution is -1.86. The van der Waals surface area contributed by atoms with E-state index < -0.39 is 5.97 Å². The topological polar surface area (TPSA) is 37.3 Å². The highest BCUT2D eigenvalue weighted by Crippen LogP contribution is 2.30. The monoisotopic (exact) mass is 294 g/mol. The molecular formula is C9H5BrCl2O2. The average molecular weight is 296 g/mol. The smallest absolute Gasteiger partial charge is 0.328 e. The highest BCUT2D eigenvalue weighted by molar-refractivity contribution is 9.10. The molecule has 0 radical (unpaired) electrons. The molecule has 1 rings (SSSR count). The maximum Gasteiger partial charge on any atom is 0.328 e. The van der Waals surface area contributed by atoms with Crippen molar-refractivity contribution in [3.63, 3.8) is 0 Å². The van der Waals surface area contributed by atoms with Crippen molar-refractivity contribution in [3.8, 4) is 0 Å². The van der Waals surface area contributed by atoms with Crippen molar-refractivity contribution < 1.29 is 9.90 Å². The van der Waals surface area contributed by atoms with E-state index in [2.05, 4.69) is 15.9 Å². The van der Waals surface area contributed by atoms with Gasteiger partial charge in [-0.05, 0) is 18.2 Å². The summed E-state index contributed by atoms with van der Waals surface area (Å²) in [6.45, 7) is 0. The Balaban J connectivity index is 3.15. The Morgan fingerprint density at radius 3 is 2.29 bits per heavy atom. The van der Waals surface area contributed by atoms with Crippen LogP contribution in [-0.4, -0.2) is 11.1 Å². The van der Waals surface area contributed by atoms with Crippen LogP contribution in [0.5, 0.6) is 0 Å². The molecule has 0 fully saturated rings. The Labute approximate surface area is 99.3 Å². The molecule has 0 spiro atoms. The predicted molar refractivity (Wildman–Crippen MR) is 60.8 cm³/mol. The number of carbonyl (C=O) groups is 1. The quantitative estimate of drug-likeness (QED) is 0.842. The number of hydrogen-bond acceptors (Lipinski definition) is 1. The third-order valence-corrected chi connectivity index (χ3v) is 2.52. The zero-order valence-electron chi connectivity index (χ0n) is 6.80. The molecular weight excluding hydrogens is 291 g/mol. The van der Waals surface area contributed by atoms with Crippen LogP contribution in [0.3, 0.4) is 0 Å². The van der Waals surface area contributed by atoms with Crippen LogP contribution in [0.1, 0.15) is 5.56 Å². The number of rotatable bonds is 2. The minimum atomic E-state index is -1.04. The molecule has 1 N–H and O–H groups in total. The number of aliphatic carboxylic acids is 1. The number of carboxylic acid groups (broad SMARTS) is 1. The first-order chi connectivity index (χ1) is 6.50. The Morgan fingerprint density at radius 2 is 1.86 bits per heavy atom. The molecule has 5 heteroatoms. The van der Waals surface area contributed by atoms with Crippen LogP contribution in [0.15, 0.2) is 22.7 Å². The van der Waals surface area contributed by atoms with E-state index in [0.717, 1.165) is 10.5 Å². The molecule has 1 aromatic carbocycles. The molecule has 0 atom stereocenters. The summed E-state index contributed by atoms with van der Waals surface area (Å²) < 4.78 is 0.750. The Morgan fingerprint density at radius 1 is 1.36 bits per heavy atom. The second-order valence-corrected chi connectivity index (χ2v) is 4.18. The molecule has 0 aliphatic carbocycles. The van der Waals surface area contributed by atoms with Gasteiger partial charge in [0.15, 0.2) is 0 Å². The van der Waals surface area contributed by atoms with Crippen LogP contribution in [-0.2, 0) is 4.79 Å². The van der Waals surface area contributed by atoms with Crippen LogP contribution >= 0.6 is 39.1 Å². The normalized spacial score (nSPS) is 10.8. The van der Waals surface area contributed by atoms with Crippen LogP contribution in [0, 0.1) is 0 Å². The van der Waals surface area contributed by atoms with Gasteiger partial charge in [0.1, 0.15) is 0 Å². The predicted octanol–water partition coefficient (Wildman–Crippen LogP) is 3.85. The maximum absolute atomic E-state index is 10.3. The molecule has 0 bridgehead atoms. The van der Waals surface area contributed by atoms with Crippen molar-refractivity contribution in [1.82, 2.24) is 0 Å². The number of benzene rings is 1. The third kappa shape index (κ3) is 3.01. The zero-order chi connectivity index (χ0) is 10.7. The summed E-state index contributed by atoms with van der Waals surface area (Å²) in [6, 6.07) is 3.30. The number of carboxylic acids is 1. The van der Waals surface area contributed by atoms with Gasteiger partial charge in [0.05, 0.1) is 10.0 Å². The molecule has 0 amide bonds. The number of hydrogen-bond donors (Lipinski definition) is 1. The van der Waals surface area contributed by atoms with Gasteiger partial charge in [0.2, 0.25) is 0 Å². The van der Waals surface area contributed by atoms with E-state index in [-0.39, 0.29) is 0 Å². The first-order valence-corrected chi connectivity index (χ1v) is 5.11. The van der Waals surface area contributed by atoms with E-state index in [1.54, 1.807) is 12.1 Å². The summed E-state index contributed by atoms with van der Waals surface area (Å²) >= 11 is 14.9. The van der Waals surface area contributed by atoms with Crippen LogP contribution in [0.25, 0.3) is 6.08 Å². The summed E-state index contributed by atoms with van der Waals surface area (Å²) in [5.41, 5.74) is 0.499. The lowest BCUT2D eigenvalue weighted by Gasteiger charge is -2.01. The lowest BCUT2D eigenvalue weighted by atomic mass is 10.2. The number of halogens is 3. The summed E-state index contributed by atoms with van der Waals surface area (Å²) in [7, 11) is 0. The van der Waals surface area contributed by atoms with Gasteiger partial charge in [-0.25, -0.2) is 4.79 Å². The van der Waals surface area contributed by atoms with Crippen molar-refractivity contribution in [2.75, 3.05) is 0 Å². The first kappa shape index (κ1) is 11.6. The van der Waals surface area contributed by atoms with Crippen molar-refractivity contribution in [2.45, 2.75) is 0 Å². The van der Waals surface area contributed by atoms with E-state index in [4.69, 9.17) is 28.3 Å². The summed E-state index contributed by atoms with van der Waals surface area (Å²) in [5, 5.41) is 9.24. The van der Waals surface area contributed by atoms with Gasteiger partial charge in [-0.2, -0.15) is 0 Å². The van der Waals surface area contributed by atoms with Crippen LogP contribution in [0.4, 0.5) is 0 Å². The van der Waals surface area contributed by atoms with E-state index in [0.29, 0.717) is 15.6 Å². The second-order valence-electron chi connectivity index (χ2n) is 2.45. The van der Waals surface area contributed by atoms with Gasteiger partial charge in [-0.15, -0.1) is 0 Å². The van der Waals surface area contributed by atoms with Gasteiger partial charge in [0, 0.05) is 16.1 Å². The Kier molecular flexibility index (Phi) is 3.98. The van der Waals surface area contributed by atoms with Crippen LogP contribution < -0.4 is 0 Å². The minimum Gasteiger partial charge on any atom is -0.478 e. The maximum atomic E-state index is 10.3. The Hall–Kier alpha value is -0.510. The highest BCUT2D eigenvalue weighted by atomic mass is 79.9.